The number of rotatable bonds is 6. The van der Waals surface area contributed by atoms with E-state index in [0.29, 0.717) is 24.5 Å². The number of amides is 1. The van der Waals surface area contributed by atoms with Gasteiger partial charge in [0.05, 0.1) is 26.5 Å². The SMILES string of the molecule is CCOc1ccc([C@@H]2CC(=O)Nc3c(-c4ccc(OC)cc4)csc32)cc1OC. The predicted octanol–water partition coefficient (Wildman–Crippen LogP) is 5.31. The van der Waals surface area contributed by atoms with Crippen LogP contribution in [0.4, 0.5) is 5.69 Å². The number of fused-ring (bicyclic) bond motifs is 1. The molecular formula is C23H23NO4S. The van der Waals surface area contributed by atoms with E-state index >= 15 is 0 Å². The highest BCUT2D eigenvalue weighted by Gasteiger charge is 2.31. The van der Waals surface area contributed by atoms with Crippen molar-refractivity contribution in [3.8, 4) is 28.4 Å². The Morgan fingerprint density at radius 1 is 1.07 bits per heavy atom. The lowest BCUT2D eigenvalue weighted by Crippen LogP contribution is -2.22. The summed E-state index contributed by atoms with van der Waals surface area (Å²) in [5.74, 6) is 2.21. The first-order chi connectivity index (χ1) is 14.1. The lowest BCUT2D eigenvalue weighted by Gasteiger charge is -2.24. The minimum absolute atomic E-state index is 0.0136. The third-order valence-corrected chi connectivity index (χ3v) is 6.18. The minimum Gasteiger partial charge on any atom is -0.497 e. The van der Waals surface area contributed by atoms with Crippen LogP contribution in [0, 0.1) is 0 Å². The first-order valence-corrected chi connectivity index (χ1v) is 10.4. The molecule has 0 unspecified atom stereocenters. The van der Waals surface area contributed by atoms with Crippen LogP contribution in [0.2, 0.25) is 0 Å². The second-order valence-electron chi connectivity index (χ2n) is 6.77. The Labute approximate surface area is 174 Å². The molecule has 0 saturated carbocycles. The Bertz CT molecular complexity index is 1030. The average Bonchev–Trinajstić information content (AvgIpc) is 3.17. The minimum atomic E-state index is -0.0136. The van der Waals surface area contributed by atoms with E-state index in [2.05, 4.69) is 10.7 Å². The number of hydrogen-bond acceptors (Lipinski definition) is 5. The van der Waals surface area contributed by atoms with Gasteiger partial charge in [0.15, 0.2) is 11.5 Å². The molecule has 2 aromatic carbocycles. The molecule has 0 saturated heterocycles. The molecule has 1 aliphatic rings. The maximum absolute atomic E-state index is 12.5. The van der Waals surface area contributed by atoms with Gasteiger partial charge in [-0.25, -0.2) is 0 Å². The molecule has 6 heteroatoms. The van der Waals surface area contributed by atoms with Gasteiger partial charge >= 0.3 is 0 Å². The van der Waals surface area contributed by atoms with Crippen LogP contribution in [0.5, 0.6) is 17.2 Å². The van der Waals surface area contributed by atoms with Crippen LogP contribution < -0.4 is 19.5 Å². The van der Waals surface area contributed by atoms with Crippen molar-refractivity contribution >= 4 is 22.9 Å². The molecule has 0 aliphatic carbocycles. The second-order valence-corrected chi connectivity index (χ2v) is 7.68. The lowest BCUT2D eigenvalue weighted by atomic mass is 9.89. The summed E-state index contributed by atoms with van der Waals surface area (Å²) in [4.78, 5) is 13.7. The van der Waals surface area contributed by atoms with Crippen molar-refractivity contribution in [1.29, 1.82) is 0 Å². The Hall–Kier alpha value is -2.99. The molecule has 1 amide bonds. The summed E-state index contributed by atoms with van der Waals surface area (Å²) in [7, 11) is 3.28. The first kappa shape index (κ1) is 19.3. The molecule has 3 aromatic rings. The molecule has 0 bridgehead atoms. The van der Waals surface area contributed by atoms with Gasteiger partial charge in [-0.15, -0.1) is 11.3 Å². The Morgan fingerprint density at radius 3 is 2.55 bits per heavy atom. The number of carbonyl (C=O) groups is 1. The number of ether oxygens (including phenoxy) is 3. The number of thiophene rings is 1. The summed E-state index contributed by atoms with van der Waals surface area (Å²) in [5.41, 5.74) is 4.02. The fourth-order valence-electron chi connectivity index (χ4n) is 3.65. The normalized spacial score (nSPS) is 15.4. The lowest BCUT2D eigenvalue weighted by molar-refractivity contribution is -0.116. The Kier molecular flexibility index (Phi) is 5.45. The Balaban J connectivity index is 1.74. The van der Waals surface area contributed by atoms with E-state index < -0.39 is 0 Å². The van der Waals surface area contributed by atoms with Gasteiger partial charge in [-0.1, -0.05) is 18.2 Å². The molecule has 2 heterocycles. The summed E-state index contributed by atoms with van der Waals surface area (Å²) >= 11 is 1.67. The van der Waals surface area contributed by atoms with E-state index in [0.717, 1.165) is 33.0 Å². The fraction of sp³-hybridized carbons (Fsp3) is 0.261. The highest BCUT2D eigenvalue weighted by molar-refractivity contribution is 7.11. The van der Waals surface area contributed by atoms with E-state index in [9.17, 15) is 4.79 Å². The number of benzene rings is 2. The van der Waals surface area contributed by atoms with Gasteiger partial charge in [-0.3, -0.25) is 4.79 Å². The van der Waals surface area contributed by atoms with Crippen molar-refractivity contribution in [2.75, 3.05) is 26.1 Å². The van der Waals surface area contributed by atoms with Gasteiger partial charge in [0, 0.05) is 28.2 Å². The zero-order valence-corrected chi connectivity index (χ0v) is 17.5. The molecule has 0 spiro atoms. The molecule has 1 N–H and O–H groups in total. The number of carbonyl (C=O) groups excluding carboxylic acids is 1. The molecule has 29 heavy (non-hydrogen) atoms. The van der Waals surface area contributed by atoms with Crippen LogP contribution in [-0.2, 0) is 4.79 Å². The molecule has 4 rings (SSSR count). The van der Waals surface area contributed by atoms with Crippen LogP contribution in [0.1, 0.15) is 29.7 Å². The average molecular weight is 410 g/mol. The van der Waals surface area contributed by atoms with Gasteiger partial charge < -0.3 is 19.5 Å². The molecule has 5 nitrogen and oxygen atoms in total. The predicted molar refractivity (Wildman–Crippen MR) is 116 cm³/mol. The molecule has 1 aromatic heterocycles. The zero-order valence-electron chi connectivity index (χ0n) is 16.7. The van der Waals surface area contributed by atoms with E-state index in [1.807, 2.05) is 49.4 Å². The molecule has 1 aliphatic heterocycles. The van der Waals surface area contributed by atoms with Gasteiger partial charge in [0.25, 0.3) is 0 Å². The monoisotopic (exact) mass is 409 g/mol. The van der Waals surface area contributed by atoms with Crippen LogP contribution in [-0.4, -0.2) is 26.7 Å². The zero-order chi connectivity index (χ0) is 20.4. The Morgan fingerprint density at radius 2 is 1.86 bits per heavy atom. The smallest absolute Gasteiger partial charge is 0.225 e. The van der Waals surface area contributed by atoms with E-state index in [4.69, 9.17) is 14.2 Å². The highest BCUT2D eigenvalue weighted by atomic mass is 32.1. The van der Waals surface area contributed by atoms with E-state index in [1.54, 1.807) is 25.6 Å². The highest BCUT2D eigenvalue weighted by Crippen LogP contribution is 2.47. The van der Waals surface area contributed by atoms with Crippen molar-refractivity contribution in [1.82, 2.24) is 0 Å². The van der Waals surface area contributed by atoms with Crippen molar-refractivity contribution < 1.29 is 19.0 Å². The van der Waals surface area contributed by atoms with Crippen LogP contribution in [0.25, 0.3) is 11.1 Å². The number of nitrogens with one attached hydrogen (secondary N) is 1. The standard InChI is InChI=1S/C23H23NO4S/c1-4-28-19-10-7-15(11-20(19)27-3)17-12-21(25)24-22-18(13-29-23(17)22)14-5-8-16(26-2)9-6-14/h5-11,13,17H,4,12H2,1-3H3,(H,24,25)/t17-/m0/s1. The summed E-state index contributed by atoms with van der Waals surface area (Å²) in [6, 6.07) is 13.8. The summed E-state index contributed by atoms with van der Waals surface area (Å²) in [6.45, 7) is 2.51. The van der Waals surface area contributed by atoms with E-state index in [1.165, 1.54) is 0 Å². The van der Waals surface area contributed by atoms with Gasteiger partial charge in [-0.05, 0) is 42.3 Å². The van der Waals surface area contributed by atoms with Crippen molar-refractivity contribution in [3.63, 3.8) is 0 Å². The molecule has 0 fully saturated rings. The number of hydrogen-bond donors (Lipinski definition) is 1. The first-order valence-electron chi connectivity index (χ1n) is 9.51. The molecule has 150 valence electrons. The topological polar surface area (TPSA) is 56.8 Å². The maximum atomic E-state index is 12.5. The maximum Gasteiger partial charge on any atom is 0.225 e. The summed E-state index contributed by atoms with van der Waals surface area (Å²) in [5, 5.41) is 5.19. The number of methoxy groups -OCH3 is 2. The third-order valence-electron chi connectivity index (χ3n) is 5.08. The van der Waals surface area contributed by atoms with Crippen LogP contribution in [0.3, 0.4) is 0 Å². The summed E-state index contributed by atoms with van der Waals surface area (Å²) in [6.07, 6.45) is 0.409. The fourth-order valence-corrected chi connectivity index (χ4v) is 4.82. The molecule has 0 radical (unpaired) electrons. The van der Waals surface area contributed by atoms with Crippen molar-refractivity contribution in [2.45, 2.75) is 19.3 Å². The molecular weight excluding hydrogens is 386 g/mol. The van der Waals surface area contributed by atoms with Crippen molar-refractivity contribution in [3.05, 3.63) is 58.3 Å². The summed E-state index contributed by atoms with van der Waals surface area (Å²) < 4.78 is 16.4. The van der Waals surface area contributed by atoms with Crippen LogP contribution >= 0.6 is 11.3 Å². The van der Waals surface area contributed by atoms with E-state index in [-0.39, 0.29) is 11.8 Å². The molecule has 1 atom stereocenters. The number of anilines is 1. The quantitative estimate of drug-likeness (QED) is 0.600. The van der Waals surface area contributed by atoms with Crippen LogP contribution in [0.15, 0.2) is 47.8 Å². The van der Waals surface area contributed by atoms with Gasteiger partial charge in [-0.2, -0.15) is 0 Å². The van der Waals surface area contributed by atoms with Gasteiger partial charge in [0.2, 0.25) is 5.91 Å². The van der Waals surface area contributed by atoms with Crippen molar-refractivity contribution in [2.24, 2.45) is 0 Å². The second kappa shape index (κ2) is 8.17. The largest absolute Gasteiger partial charge is 0.497 e. The van der Waals surface area contributed by atoms with Gasteiger partial charge in [0.1, 0.15) is 5.75 Å². The third kappa shape index (κ3) is 3.68.